The summed E-state index contributed by atoms with van der Waals surface area (Å²) in [4.78, 5) is 4.49. The molecule has 0 amide bonds. The number of aromatic nitrogens is 3. The fraction of sp³-hybridized carbons (Fsp3) is 0.478. The quantitative estimate of drug-likeness (QED) is 0.438. The lowest BCUT2D eigenvalue weighted by molar-refractivity contribution is -0.0601. The normalized spacial score (nSPS) is 16.9. The number of hydrogen-bond acceptors (Lipinski definition) is 6. The van der Waals surface area contributed by atoms with Crippen molar-refractivity contribution >= 4 is 18.4 Å². The lowest BCUT2D eigenvalue weighted by atomic mass is 9.97. The molecule has 2 aromatic heterocycles. The fourth-order valence-electron chi connectivity index (χ4n) is 4.21. The van der Waals surface area contributed by atoms with Crippen molar-refractivity contribution in [1.29, 1.82) is 0 Å². The minimum absolute atomic E-state index is 0.0653. The van der Waals surface area contributed by atoms with Gasteiger partial charge in [0, 0.05) is 43.0 Å². The minimum atomic E-state index is -0.104. The smallest absolute Gasteiger partial charge is 0.321 e. The maximum Gasteiger partial charge on any atom is 0.321 e. The zero-order valence-corrected chi connectivity index (χ0v) is 18.5. The number of fused-ring (bicyclic) bond motifs is 1. The van der Waals surface area contributed by atoms with Crippen LogP contribution < -0.4 is 0 Å². The summed E-state index contributed by atoms with van der Waals surface area (Å²) in [6, 6.07) is 6.29. The van der Waals surface area contributed by atoms with E-state index >= 15 is 0 Å². The van der Waals surface area contributed by atoms with Gasteiger partial charge in [0.05, 0.1) is 17.8 Å². The molecular weight excluding hydrogens is 391 g/mol. The van der Waals surface area contributed by atoms with E-state index in [9.17, 15) is 5.11 Å². The van der Waals surface area contributed by atoms with Gasteiger partial charge in [-0.15, -0.1) is 0 Å². The van der Waals surface area contributed by atoms with Gasteiger partial charge in [0.2, 0.25) is 0 Å². The number of ether oxygens (including phenoxy) is 1. The predicted molar refractivity (Wildman–Crippen MR) is 121 cm³/mol. The molecule has 1 saturated heterocycles. The van der Waals surface area contributed by atoms with Crippen LogP contribution in [-0.4, -0.2) is 45.6 Å². The lowest BCUT2D eigenvalue weighted by Gasteiger charge is -2.23. The molecule has 1 aliphatic rings. The highest BCUT2D eigenvalue weighted by Crippen LogP contribution is 2.33. The predicted octanol–water partition coefficient (Wildman–Crippen LogP) is 4.02. The van der Waals surface area contributed by atoms with Gasteiger partial charge in [-0.2, -0.15) is 5.10 Å². The monoisotopic (exact) mass is 421 g/mol. The van der Waals surface area contributed by atoms with E-state index in [1.807, 2.05) is 29.0 Å². The molecule has 1 atom stereocenters. The van der Waals surface area contributed by atoms with Crippen LogP contribution in [0.1, 0.15) is 49.2 Å². The highest BCUT2D eigenvalue weighted by Gasteiger charge is 2.21. The van der Waals surface area contributed by atoms with Crippen molar-refractivity contribution in [2.45, 2.75) is 59.3 Å². The zero-order chi connectivity index (χ0) is 21.8. The molecular formula is C23H30BN4O3. The molecule has 1 aliphatic heterocycles. The Hall–Kier alpha value is -2.26. The van der Waals surface area contributed by atoms with Crippen molar-refractivity contribution in [3.05, 3.63) is 47.4 Å². The van der Waals surface area contributed by atoms with Crippen molar-refractivity contribution in [3.63, 3.8) is 0 Å². The van der Waals surface area contributed by atoms with Crippen LogP contribution in [0.4, 0.5) is 0 Å². The standard InChI is InChI=1S/C23H30BN4O3/c1-4-27(31-24-3)14-18-12-25-13-20(16(18)2)17-8-9-22-19(11-17)21(15-29)26-28(22)23-7-5-6-10-30-23/h8-9,11-13,23,29H,4-7,10,14-15H2,1-3H3. The first-order valence-electron chi connectivity index (χ1n) is 11.0. The van der Waals surface area contributed by atoms with Gasteiger partial charge >= 0.3 is 7.48 Å². The minimum Gasteiger partial charge on any atom is -0.390 e. The Morgan fingerprint density at radius 3 is 2.90 bits per heavy atom. The number of aliphatic hydroxyl groups is 1. The van der Waals surface area contributed by atoms with Crippen LogP contribution in [0.3, 0.4) is 0 Å². The summed E-state index contributed by atoms with van der Waals surface area (Å²) < 4.78 is 13.4. The molecule has 163 valence electrons. The molecule has 1 fully saturated rings. The molecule has 1 radical (unpaired) electrons. The third kappa shape index (κ3) is 4.53. The summed E-state index contributed by atoms with van der Waals surface area (Å²) in [5.41, 5.74) is 6.09. The maximum atomic E-state index is 9.93. The average molecular weight is 421 g/mol. The van der Waals surface area contributed by atoms with Crippen LogP contribution in [0.5, 0.6) is 0 Å². The number of rotatable bonds is 8. The van der Waals surface area contributed by atoms with Crippen molar-refractivity contribution < 1.29 is 14.6 Å². The van der Waals surface area contributed by atoms with Gasteiger partial charge in [-0.05, 0) is 55.0 Å². The van der Waals surface area contributed by atoms with Gasteiger partial charge in [0.1, 0.15) is 0 Å². The number of benzene rings is 1. The number of hydroxylamine groups is 2. The first-order valence-corrected chi connectivity index (χ1v) is 11.0. The summed E-state index contributed by atoms with van der Waals surface area (Å²) in [5.74, 6) is 0. The Balaban J connectivity index is 1.71. The summed E-state index contributed by atoms with van der Waals surface area (Å²) in [7, 11) is 1.69. The number of aliphatic hydroxyl groups excluding tert-OH is 1. The summed E-state index contributed by atoms with van der Waals surface area (Å²) >= 11 is 0. The second-order valence-electron chi connectivity index (χ2n) is 7.87. The molecule has 0 spiro atoms. The van der Waals surface area contributed by atoms with Crippen molar-refractivity contribution in [2.24, 2.45) is 0 Å². The molecule has 7 nitrogen and oxygen atoms in total. The van der Waals surface area contributed by atoms with Crippen molar-refractivity contribution in [1.82, 2.24) is 19.8 Å². The van der Waals surface area contributed by atoms with Crippen LogP contribution in [0.15, 0.2) is 30.6 Å². The van der Waals surface area contributed by atoms with Gasteiger partial charge in [-0.3, -0.25) is 4.98 Å². The molecule has 3 aromatic rings. The number of pyridine rings is 1. The van der Waals surface area contributed by atoms with Gasteiger partial charge in [-0.25, -0.2) is 9.75 Å². The van der Waals surface area contributed by atoms with Crippen molar-refractivity contribution in [3.8, 4) is 11.1 Å². The molecule has 0 bridgehead atoms. The topological polar surface area (TPSA) is 72.6 Å². The van der Waals surface area contributed by atoms with Crippen LogP contribution in [-0.2, 0) is 22.6 Å². The zero-order valence-electron chi connectivity index (χ0n) is 18.5. The number of hydrogen-bond donors (Lipinski definition) is 1. The Morgan fingerprint density at radius 2 is 2.19 bits per heavy atom. The highest BCUT2D eigenvalue weighted by atomic mass is 16.6. The lowest BCUT2D eigenvalue weighted by Crippen LogP contribution is -2.24. The molecule has 1 N–H and O–H groups in total. The van der Waals surface area contributed by atoms with E-state index in [0.717, 1.165) is 60.0 Å². The van der Waals surface area contributed by atoms with E-state index in [1.165, 1.54) is 5.56 Å². The second kappa shape index (κ2) is 9.91. The maximum absolute atomic E-state index is 9.93. The average Bonchev–Trinajstić information content (AvgIpc) is 3.18. The molecule has 8 heteroatoms. The van der Waals surface area contributed by atoms with E-state index < -0.39 is 0 Å². The Kier molecular flexibility index (Phi) is 7.02. The second-order valence-corrected chi connectivity index (χ2v) is 7.87. The van der Waals surface area contributed by atoms with Gasteiger partial charge < -0.3 is 14.6 Å². The van der Waals surface area contributed by atoms with Crippen LogP contribution in [0.25, 0.3) is 22.0 Å². The fourth-order valence-corrected chi connectivity index (χ4v) is 4.21. The summed E-state index contributed by atoms with van der Waals surface area (Å²) in [5, 5.41) is 17.5. The van der Waals surface area contributed by atoms with Crippen LogP contribution in [0, 0.1) is 6.92 Å². The Bertz CT molecular complexity index is 1030. The third-order valence-electron chi connectivity index (χ3n) is 5.95. The number of nitrogens with zero attached hydrogens (tertiary/aromatic N) is 4. The van der Waals surface area contributed by atoms with E-state index in [4.69, 9.17) is 9.49 Å². The van der Waals surface area contributed by atoms with E-state index in [0.29, 0.717) is 12.2 Å². The molecule has 1 aromatic carbocycles. The van der Waals surface area contributed by atoms with Gasteiger partial charge in [0.25, 0.3) is 0 Å². The Morgan fingerprint density at radius 1 is 1.32 bits per heavy atom. The SMILES string of the molecule is C[B]ON(CC)Cc1cncc(-c2ccc3c(c2)c(CO)nn3C2CCCCO2)c1C. The van der Waals surface area contributed by atoms with Crippen LogP contribution >= 0.6 is 0 Å². The van der Waals surface area contributed by atoms with E-state index in [2.05, 4.69) is 42.1 Å². The molecule has 0 aliphatic carbocycles. The first-order chi connectivity index (χ1) is 15.2. The van der Waals surface area contributed by atoms with E-state index in [1.54, 1.807) is 7.48 Å². The Labute approximate surface area is 184 Å². The summed E-state index contributed by atoms with van der Waals surface area (Å²) in [6.45, 7) is 8.14. The first kappa shape index (κ1) is 22.0. The van der Waals surface area contributed by atoms with Crippen LogP contribution in [0.2, 0.25) is 6.82 Å². The van der Waals surface area contributed by atoms with Gasteiger partial charge in [-0.1, -0.05) is 19.8 Å². The summed E-state index contributed by atoms with van der Waals surface area (Å²) in [6.07, 6.45) is 6.90. The molecule has 4 rings (SSSR count). The van der Waals surface area contributed by atoms with E-state index in [-0.39, 0.29) is 12.8 Å². The van der Waals surface area contributed by atoms with Gasteiger partial charge in [0.15, 0.2) is 6.23 Å². The van der Waals surface area contributed by atoms with Crippen molar-refractivity contribution in [2.75, 3.05) is 13.2 Å². The highest BCUT2D eigenvalue weighted by molar-refractivity contribution is 6.24. The largest absolute Gasteiger partial charge is 0.390 e. The molecule has 1 unspecified atom stereocenters. The third-order valence-corrected chi connectivity index (χ3v) is 5.95. The molecule has 0 saturated carbocycles. The molecule has 3 heterocycles. The molecule has 31 heavy (non-hydrogen) atoms.